The molecule has 0 aliphatic heterocycles. The summed E-state index contributed by atoms with van der Waals surface area (Å²) in [6.45, 7) is 5.89. The smallest absolute Gasteiger partial charge is 0.242 e. The van der Waals surface area contributed by atoms with E-state index < -0.39 is 12.1 Å². The SMILES string of the molecule is Cc1cc(O)cc(C)c1CC(N)C(=O)N[C@H](C)C(=O)NCCC(c1ccccc1)c1ccccc1. The second-order valence-electron chi connectivity index (χ2n) is 9.05. The van der Waals surface area contributed by atoms with E-state index in [4.69, 9.17) is 5.73 Å². The topological polar surface area (TPSA) is 104 Å². The van der Waals surface area contributed by atoms with Gasteiger partial charge in [-0.05, 0) is 73.6 Å². The minimum atomic E-state index is -0.798. The molecule has 6 heteroatoms. The van der Waals surface area contributed by atoms with E-state index in [1.807, 2.05) is 50.2 Å². The summed E-state index contributed by atoms with van der Waals surface area (Å²) in [5, 5.41) is 15.4. The summed E-state index contributed by atoms with van der Waals surface area (Å²) in [7, 11) is 0. The van der Waals surface area contributed by atoms with Gasteiger partial charge in [-0.15, -0.1) is 0 Å². The zero-order chi connectivity index (χ0) is 25.4. The summed E-state index contributed by atoms with van der Waals surface area (Å²) in [6, 6.07) is 22.3. The molecule has 0 bridgehead atoms. The van der Waals surface area contributed by atoms with Crippen molar-refractivity contribution in [3.63, 3.8) is 0 Å². The Morgan fingerprint density at radius 1 is 0.886 bits per heavy atom. The van der Waals surface area contributed by atoms with Crippen molar-refractivity contribution in [3.05, 3.63) is 101 Å². The normalized spacial score (nSPS) is 12.7. The number of nitrogens with one attached hydrogen (secondary N) is 2. The molecule has 184 valence electrons. The average molecular weight is 474 g/mol. The van der Waals surface area contributed by atoms with Crippen molar-refractivity contribution < 1.29 is 14.7 Å². The highest BCUT2D eigenvalue weighted by Crippen LogP contribution is 2.27. The lowest BCUT2D eigenvalue weighted by Gasteiger charge is -2.21. The van der Waals surface area contributed by atoms with Crippen LogP contribution in [0.5, 0.6) is 5.75 Å². The molecule has 1 unspecified atom stereocenters. The molecule has 0 spiro atoms. The van der Waals surface area contributed by atoms with Crippen LogP contribution in [0.1, 0.15) is 47.1 Å². The van der Waals surface area contributed by atoms with Crippen molar-refractivity contribution in [3.8, 4) is 5.75 Å². The van der Waals surface area contributed by atoms with Gasteiger partial charge in [0.25, 0.3) is 0 Å². The number of rotatable bonds is 10. The first-order valence-corrected chi connectivity index (χ1v) is 12.0. The van der Waals surface area contributed by atoms with Crippen LogP contribution in [0, 0.1) is 13.8 Å². The van der Waals surface area contributed by atoms with Gasteiger partial charge >= 0.3 is 0 Å². The summed E-state index contributed by atoms with van der Waals surface area (Å²) in [4.78, 5) is 25.3. The first-order valence-electron chi connectivity index (χ1n) is 12.0. The van der Waals surface area contributed by atoms with Crippen molar-refractivity contribution in [2.24, 2.45) is 5.73 Å². The van der Waals surface area contributed by atoms with Crippen LogP contribution >= 0.6 is 0 Å². The van der Waals surface area contributed by atoms with Gasteiger partial charge in [-0.3, -0.25) is 9.59 Å². The summed E-state index contributed by atoms with van der Waals surface area (Å²) in [6.07, 6.45) is 1.06. The highest BCUT2D eigenvalue weighted by atomic mass is 16.3. The maximum atomic E-state index is 12.7. The van der Waals surface area contributed by atoms with Crippen LogP contribution in [0.4, 0.5) is 0 Å². The molecular weight excluding hydrogens is 438 g/mol. The first-order chi connectivity index (χ1) is 16.8. The number of benzene rings is 3. The molecule has 0 heterocycles. The lowest BCUT2D eigenvalue weighted by molar-refractivity contribution is -0.129. The Bertz CT molecular complexity index is 1070. The van der Waals surface area contributed by atoms with Gasteiger partial charge in [0.2, 0.25) is 11.8 Å². The zero-order valence-electron chi connectivity index (χ0n) is 20.6. The van der Waals surface area contributed by atoms with Crippen LogP contribution in [0.25, 0.3) is 0 Å². The minimum Gasteiger partial charge on any atom is -0.508 e. The summed E-state index contributed by atoms with van der Waals surface area (Å²) in [5.74, 6) is -0.282. The molecule has 0 aliphatic rings. The minimum absolute atomic E-state index is 0.160. The number of carbonyl (C=O) groups is 2. The van der Waals surface area contributed by atoms with Crippen LogP contribution in [0.2, 0.25) is 0 Å². The number of nitrogens with two attached hydrogens (primary N) is 1. The lowest BCUT2D eigenvalue weighted by Crippen LogP contribution is -2.51. The first kappa shape index (κ1) is 26.0. The lowest BCUT2D eigenvalue weighted by atomic mass is 9.88. The van der Waals surface area contributed by atoms with Gasteiger partial charge in [0.05, 0.1) is 6.04 Å². The largest absolute Gasteiger partial charge is 0.508 e. The second-order valence-corrected chi connectivity index (χ2v) is 9.05. The van der Waals surface area contributed by atoms with Gasteiger partial charge in [0, 0.05) is 12.5 Å². The number of amides is 2. The van der Waals surface area contributed by atoms with Gasteiger partial charge in [-0.25, -0.2) is 0 Å². The number of aryl methyl sites for hydroxylation is 2. The number of hydrogen-bond donors (Lipinski definition) is 4. The Hall–Kier alpha value is -3.64. The molecular formula is C29H35N3O3. The highest BCUT2D eigenvalue weighted by Gasteiger charge is 2.22. The number of aromatic hydroxyl groups is 1. The number of carbonyl (C=O) groups excluding carboxylic acids is 2. The molecule has 5 N–H and O–H groups in total. The maximum absolute atomic E-state index is 12.7. The molecule has 0 fully saturated rings. The van der Waals surface area contributed by atoms with E-state index in [0.29, 0.717) is 13.0 Å². The Morgan fingerprint density at radius 2 is 1.40 bits per heavy atom. The molecule has 3 aromatic carbocycles. The fourth-order valence-electron chi connectivity index (χ4n) is 4.38. The molecule has 0 saturated heterocycles. The summed E-state index contributed by atoms with van der Waals surface area (Å²) < 4.78 is 0. The third kappa shape index (κ3) is 7.17. The Morgan fingerprint density at radius 3 is 1.91 bits per heavy atom. The second kappa shape index (κ2) is 12.2. The van der Waals surface area contributed by atoms with Crippen LogP contribution in [-0.2, 0) is 16.0 Å². The predicted octanol–water partition coefficient (Wildman–Crippen LogP) is 3.72. The van der Waals surface area contributed by atoms with Crippen LogP contribution < -0.4 is 16.4 Å². The van der Waals surface area contributed by atoms with Crippen LogP contribution in [0.3, 0.4) is 0 Å². The van der Waals surface area contributed by atoms with E-state index in [1.165, 1.54) is 11.1 Å². The van der Waals surface area contributed by atoms with E-state index in [1.54, 1.807) is 19.1 Å². The fraction of sp³-hybridized carbons (Fsp3) is 0.310. The van der Waals surface area contributed by atoms with Gasteiger partial charge in [0.1, 0.15) is 11.8 Å². The van der Waals surface area contributed by atoms with E-state index in [-0.39, 0.29) is 23.5 Å². The predicted molar refractivity (Wildman–Crippen MR) is 139 cm³/mol. The zero-order valence-corrected chi connectivity index (χ0v) is 20.6. The molecule has 0 aliphatic carbocycles. The third-order valence-corrected chi connectivity index (χ3v) is 6.33. The molecule has 2 atom stereocenters. The summed E-state index contributed by atoms with van der Waals surface area (Å²) in [5.41, 5.74) is 11.2. The van der Waals surface area contributed by atoms with E-state index in [0.717, 1.165) is 23.1 Å². The molecule has 3 rings (SSSR count). The average Bonchev–Trinajstić information content (AvgIpc) is 2.84. The van der Waals surface area contributed by atoms with Crippen LogP contribution in [0.15, 0.2) is 72.8 Å². The molecule has 0 radical (unpaired) electrons. The molecule has 6 nitrogen and oxygen atoms in total. The van der Waals surface area contributed by atoms with Crippen molar-refractivity contribution in [2.75, 3.05) is 6.54 Å². The van der Waals surface area contributed by atoms with E-state index in [9.17, 15) is 14.7 Å². The highest BCUT2D eigenvalue weighted by molar-refractivity contribution is 5.89. The Balaban J connectivity index is 1.53. The molecule has 2 amide bonds. The van der Waals surface area contributed by atoms with Crippen molar-refractivity contribution in [2.45, 2.75) is 51.6 Å². The van der Waals surface area contributed by atoms with Crippen molar-refractivity contribution in [1.29, 1.82) is 0 Å². The molecule has 3 aromatic rings. The van der Waals surface area contributed by atoms with Crippen molar-refractivity contribution in [1.82, 2.24) is 10.6 Å². The Labute approximate surface area is 207 Å². The Kier molecular flexibility index (Phi) is 9.04. The fourth-order valence-corrected chi connectivity index (χ4v) is 4.38. The van der Waals surface area contributed by atoms with Gasteiger partial charge in [-0.1, -0.05) is 60.7 Å². The molecule has 0 aromatic heterocycles. The summed E-state index contributed by atoms with van der Waals surface area (Å²) >= 11 is 0. The third-order valence-electron chi connectivity index (χ3n) is 6.33. The van der Waals surface area contributed by atoms with Crippen molar-refractivity contribution >= 4 is 11.8 Å². The van der Waals surface area contributed by atoms with Gasteiger partial charge in [-0.2, -0.15) is 0 Å². The van der Waals surface area contributed by atoms with Gasteiger partial charge < -0.3 is 21.5 Å². The standard InChI is InChI=1S/C29H35N3O3/c1-19-16-24(33)17-20(2)26(19)18-27(30)29(35)32-21(3)28(34)31-15-14-25(22-10-6-4-7-11-22)23-12-8-5-9-13-23/h4-13,16-17,21,25,27,33H,14-15,18,30H2,1-3H3,(H,31,34)(H,32,35)/t21-,27?/m1/s1. The number of phenolic OH excluding ortho intramolecular Hbond substituents is 1. The quantitative estimate of drug-likeness (QED) is 0.360. The molecule has 0 saturated carbocycles. The van der Waals surface area contributed by atoms with E-state index in [2.05, 4.69) is 34.9 Å². The monoisotopic (exact) mass is 473 g/mol. The van der Waals surface area contributed by atoms with E-state index >= 15 is 0 Å². The molecule has 35 heavy (non-hydrogen) atoms. The maximum Gasteiger partial charge on any atom is 0.242 e. The van der Waals surface area contributed by atoms with Crippen LogP contribution in [-0.4, -0.2) is 35.5 Å². The number of hydrogen-bond acceptors (Lipinski definition) is 4. The van der Waals surface area contributed by atoms with Gasteiger partial charge in [0.15, 0.2) is 0 Å². The number of phenols is 1.